The molecule has 2 nitrogen and oxygen atoms in total. The van der Waals surface area contributed by atoms with E-state index in [0.29, 0.717) is 18.1 Å². The molecule has 0 aromatic carbocycles. The molecule has 0 unspecified atom stereocenters. The minimum Gasteiger partial charge on any atom is -0.393 e. The molecule has 2 heteroatoms. The van der Waals surface area contributed by atoms with E-state index in [-0.39, 0.29) is 6.10 Å². The van der Waals surface area contributed by atoms with Gasteiger partial charge in [0, 0.05) is 5.92 Å². The van der Waals surface area contributed by atoms with Gasteiger partial charge in [-0.1, -0.05) is 0 Å². The van der Waals surface area contributed by atoms with Gasteiger partial charge in [-0.15, -0.1) is 0 Å². The summed E-state index contributed by atoms with van der Waals surface area (Å²) in [5.41, 5.74) is 0. The van der Waals surface area contributed by atoms with Gasteiger partial charge in [-0.3, -0.25) is 0 Å². The third-order valence-electron chi connectivity index (χ3n) is 3.06. The Kier molecular flexibility index (Phi) is 0.616. The van der Waals surface area contributed by atoms with Gasteiger partial charge in [0.25, 0.3) is 0 Å². The van der Waals surface area contributed by atoms with Crippen LogP contribution >= 0.6 is 0 Å². The van der Waals surface area contributed by atoms with Gasteiger partial charge in [-0.25, -0.2) is 0 Å². The molecular formula is C7H10O2. The van der Waals surface area contributed by atoms with Crippen molar-refractivity contribution in [3.63, 3.8) is 0 Å². The lowest BCUT2D eigenvalue weighted by atomic mass is 9.98. The van der Waals surface area contributed by atoms with Crippen LogP contribution in [0, 0.1) is 11.8 Å². The summed E-state index contributed by atoms with van der Waals surface area (Å²) in [5.74, 6) is 1.23. The molecule has 3 fully saturated rings. The lowest BCUT2D eigenvalue weighted by Gasteiger charge is -2.10. The van der Waals surface area contributed by atoms with E-state index in [1.165, 1.54) is 6.42 Å². The second kappa shape index (κ2) is 1.18. The highest BCUT2D eigenvalue weighted by molar-refractivity contribution is 5.10. The molecule has 9 heavy (non-hydrogen) atoms. The zero-order valence-electron chi connectivity index (χ0n) is 5.16. The molecule has 3 aliphatic rings. The molecule has 3 rings (SSSR count). The smallest absolute Gasteiger partial charge is 0.0897 e. The highest BCUT2D eigenvalue weighted by Crippen LogP contribution is 2.56. The fourth-order valence-corrected chi connectivity index (χ4v) is 2.57. The van der Waals surface area contributed by atoms with Crippen molar-refractivity contribution in [1.29, 1.82) is 0 Å². The lowest BCUT2D eigenvalue weighted by molar-refractivity contribution is 0.113. The fraction of sp³-hybridized carbons (Fsp3) is 1.00. The van der Waals surface area contributed by atoms with Crippen molar-refractivity contribution in [2.45, 2.75) is 31.2 Å². The molecule has 0 radical (unpaired) electrons. The topological polar surface area (TPSA) is 32.8 Å². The second-order valence-electron chi connectivity index (χ2n) is 3.53. The maximum Gasteiger partial charge on any atom is 0.0897 e. The van der Waals surface area contributed by atoms with Crippen LogP contribution in [0.15, 0.2) is 0 Å². The standard InChI is InChI=1S/C7H10O2/c8-5-2-3-1-4(5)7-6(3)9-7/h3-8H,1-2H2/t3-,4+,5-,6-,7+/m0/s1. The predicted octanol–water partition coefficient (Wildman–Crippen LogP) is 0.154. The fourth-order valence-electron chi connectivity index (χ4n) is 2.57. The Morgan fingerprint density at radius 2 is 2.11 bits per heavy atom. The van der Waals surface area contributed by atoms with Gasteiger partial charge in [-0.2, -0.15) is 0 Å². The van der Waals surface area contributed by atoms with Gasteiger partial charge < -0.3 is 9.84 Å². The molecule has 2 aliphatic carbocycles. The molecule has 1 aliphatic heterocycles. The van der Waals surface area contributed by atoms with Gasteiger partial charge in [0.15, 0.2) is 0 Å². The number of aliphatic hydroxyl groups excluding tert-OH is 1. The summed E-state index contributed by atoms with van der Waals surface area (Å²) >= 11 is 0. The van der Waals surface area contributed by atoms with Gasteiger partial charge in [0.05, 0.1) is 18.3 Å². The van der Waals surface area contributed by atoms with Crippen LogP contribution in [0.5, 0.6) is 0 Å². The number of rotatable bonds is 0. The van der Waals surface area contributed by atoms with Crippen molar-refractivity contribution >= 4 is 0 Å². The van der Waals surface area contributed by atoms with Crippen LogP contribution in [0.3, 0.4) is 0 Å². The monoisotopic (exact) mass is 126 g/mol. The molecule has 2 bridgehead atoms. The number of epoxide rings is 1. The van der Waals surface area contributed by atoms with E-state index in [1.807, 2.05) is 0 Å². The zero-order valence-corrected chi connectivity index (χ0v) is 5.16. The van der Waals surface area contributed by atoms with E-state index < -0.39 is 0 Å². The van der Waals surface area contributed by atoms with Crippen LogP contribution < -0.4 is 0 Å². The summed E-state index contributed by atoms with van der Waals surface area (Å²) in [6.45, 7) is 0. The van der Waals surface area contributed by atoms with E-state index in [4.69, 9.17) is 4.74 Å². The molecule has 0 aromatic heterocycles. The van der Waals surface area contributed by atoms with Crippen LogP contribution in [0.1, 0.15) is 12.8 Å². The SMILES string of the molecule is O[C@H]1C[C@@H]2C[C@H]1[C@H]1O[C@@H]21. The Labute approximate surface area is 53.8 Å². The van der Waals surface area contributed by atoms with Crippen molar-refractivity contribution in [1.82, 2.24) is 0 Å². The number of hydrogen-bond acceptors (Lipinski definition) is 2. The average Bonchev–Trinajstić information content (AvgIpc) is 2.46. The molecule has 1 N–H and O–H groups in total. The Morgan fingerprint density at radius 3 is 2.67 bits per heavy atom. The lowest BCUT2D eigenvalue weighted by Crippen LogP contribution is -2.21. The van der Waals surface area contributed by atoms with Gasteiger partial charge in [0.2, 0.25) is 0 Å². The minimum absolute atomic E-state index is 0.0289. The summed E-state index contributed by atoms with van der Waals surface area (Å²) in [6, 6.07) is 0. The first-order chi connectivity index (χ1) is 4.36. The molecule has 2 saturated carbocycles. The van der Waals surface area contributed by atoms with Crippen molar-refractivity contribution in [2.24, 2.45) is 11.8 Å². The second-order valence-corrected chi connectivity index (χ2v) is 3.53. The van der Waals surface area contributed by atoms with E-state index in [2.05, 4.69) is 0 Å². The van der Waals surface area contributed by atoms with Gasteiger partial charge in [0.1, 0.15) is 0 Å². The molecule has 0 aromatic rings. The quantitative estimate of drug-likeness (QED) is 0.469. The number of fused-ring (bicyclic) bond motifs is 5. The number of hydrogen-bond donors (Lipinski definition) is 1. The minimum atomic E-state index is -0.0289. The maximum atomic E-state index is 9.34. The molecule has 1 saturated heterocycles. The van der Waals surface area contributed by atoms with Crippen molar-refractivity contribution < 1.29 is 9.84 Å². The van der Waals surface area contributed by atoms with E-state index in [0.717, 1.165) is 12.3 Å². The van der Waals surface area contributed by atoms with E-state index in [9.17, 15) is 5.11 Å². The molecule has 0 spiro atoms. The third kappa shape index (κ3) is 0.413. The molecule has 5 atom stereocenters. The van der Waals surface area contributed by atoms with E-state index in [1.54, 1.807) is 0 Å². The summed E-state index contributed by atoms with van der Waals surface area (Å²) in [5, 5.41) is 9.34. The number of ether oxygens (including phenoxy) is 1. The van der Waals surface area contributed by atoms with Crippen LogP contribution in [-0.2, 0) is 4.74 Å². The first-order valence-electron chi connectivity index (χ1n) is 3.70. The van der Waals surface area contributed by atoms with Crippen LogP contribution in [0.25, 0.3) is 0 Å². The van der Waals surface area contributed by atoms with Gasteiger partial charge in [-0.05, 0) is 18.8 Å². The van der Waals surface area contributed by atoms with Gasteiger partial charge >= 0.3 is 0 Å². The third-order valence-corrected chi connectivity index (χ3v) is 3.06. The van der Waals surface area contributed by atoms with Crippen LogP contribution in [0.2, 0.25) is 0 Å². The van der Waals surface area contributed by atoms with Crippen molar-refractivity contribution in [2.75, 3.05) is 0 Å². The first-order valence-corrected chi connectivity index (χ1v) is 3.70. The van der Waals surface area contributed by atoms with Crippen LogP contribution in [0.4, 0.5) is 0 Å². The summed E-state index contributed by atoms with van der Waals surface area (Å²) in [6.07, 6.45) is 3.25. The Bertz CT molecular complexity index is 153. The first kappa shape index (κ1) is 4.69. The van der Waals surface area contributed by atoms with Crippen molar-refractivity contribution in [3.8, 4) is 0 Å². The molecule has 0 amide bonds. The molecule has 1 heterocycles. The summed E-state index contributed by atoms with van der Waals surface area (Å²) in [7, 11) is 0. The Morgan fingerprint density at radius 1 is 1.22 bits per heavy atom. The average molecular weight is 126 g/mol. The Hall–Kier alpha value is -0.0800. The normalized spacial score (nSPS) is 68.3. The molecule has 50 valence electrons. The van der Waals surface area contributed by atoms with E-state index >= 15 is 0 Å². The Balaban J connectivity index is 1.96. The number of aliphatic hydroxyl groups is 1. The van der Waals surface area contributed by atoms with Crippen molar-refractivity contribution in [3.05, 3.63) is 0 Å². The maximum absolute atomic E-state index is 9.34. The molecular weight excluding hydrogens is 116 g/mol. The summed E-state index contributed by atoms with van der Waals surface area (Å²) in [4.78, 5) is 0. The predicted molar refractivity (Wildman–Crippen MR) is 30.9 cm³/mol. The highest BCUT2D eigenvalue weighted by Gasteiger charge is 2.62. The highest BCUT2D eigenvalue weighted by atomic mass is 16.6. The van der Waals surface area contributed by atoms with Crippen LogP contribution in [-0.4, -0.2) is 23.4 Å². The zero-order chi connectivity index (χ0) is 6.01. The largest absolute Gasteiger partial charge is 0.393 e. The summed E-state index contributed by atoms with van der Waals surface area (Å²) < 4.78 is 5.35.